The Morgan fingerprint density at radius 3 is 1.03 bits per heavy atom. The quantitative estimate of drug-likeness (QED) is 0.159. The summed E-state index contributed by atoms with van der Waals surface area (Å²) in [6, 6.07) is 15.2. The van der Waals surface area contributed by atoms with E-state index in [4.69, 9.17) is 28.8 Å². The molecule has 0 aliphatic rings. The molecule has 198 valence electrons. The number of hydrogen-bond acceptors (Lipinski definition) is 2. The van der Waals surface area contributed by atoms with Crippen LogP contribution in [-0.4, -0.2) is 10.2 Å². The molecule has 0 amide bonds. The Balaban J connectivity index is 0.000000594. The molecule has 0 atom stereocenters. The molecule has 0 unspecified atom stereocenters. The minimum atomic E-state index is -0.556. The molecule has 0 saturated carbocycles. The molecule has 0 bridgehead atoms. The molecule has 2 aromatic rings. The van der Waals surface area contributed by atoms with E-state index < -0.39 is 17.0 Å². The van der Waals surface area contributed by atoms with Crippen LogP contribution < -0.4 is 0 Å². The number of halogens is 2. The van der Waals surface area contributed by atoms with Crippen molar-refractivity contribution in [3.05, 3.63) is 59.7 Å². The third kappa shape index (κ3) is 23.5. The van der Waals surface area contributed by atoms with Gasteiger partial charge < -0.3 is 10.2 Å². The Morgan fingerprint density at radius 1 is 0.486 bits per heavy atom. The van der Waals surface area contributed by atoms with Crippen LogP contribution in [0.25, 0.3) is 0 Å². The zero-order valence-electron chi connectivity index (χ0n) is 22.1. The Bertz CT molecular complexity index is 618. The molecule has 0 aliphatic carbocycles. The second-order valence-electron chi connectivity index (χ2n) is 9.15. The van der Waals surface area contributed by atoms with Crippen LogP contribution in [0.15, 0.2) is 48.5 Å². The number of phenolic OH excluding ortho intramolecular Hbond substituents is 2. The van der Waals surface area contributed by atoms with Crippen molar-refractivity contribution < 1.29 is 27.2 Å². The third-order valence-electron chi connectivity index (χ3n) is 6.01. The first kappa shape index (κ1) is 34.3. The van der Waals surface area contributed by atoms with Gasteiger partial charge in [0, 0.05) is 0 Å². The molecule has 5 heteroatoms. The van der Waals surface area contributed by atoms with Gasteiger partial charge in [0.25, 0.3) is 0 Å². The zero-order chi connectivity index (χ0) is 26.0. The second kappa shape index (κ2) is 26.4. The van der Waals surface area contributed by atoms with E-state index in [-0.39, 0.29) is 0 Å². The van der Waals surface area contributed by atoms with Gasteiger partial charge in [-0.05, 0) is 61.1 Å². The number of aromatic hydroxyl groups is 2. The van der Waals surface area contributed by atoms with Gasteiger partial charge in [-0.1, -0.05) is 115 Å². The summed E-state index contributed by atoms with van der Waals surface area (Å²) in [5.74, 6) is 0.728. The van der Waals surface area contributed by atoms with Crippen LogP contribution in [0.1, 0.15) is 115 Å². The Morgan fingerprint density at radius 2 is 0.743 bits per heavy atom. The maximum absolute atomic E-state index is 9.15. The van der Waals surface area contributed by atoms with Crippen molar-refractivity contribution in [2.75, 3.05) is 0 Å². The van der Waals surface area contributed by atoms with Crippen molar-refractivity contribution in [2.24, 2.45) is 0 Å². The number of aryl methyl sites for hydroxylation is 2. The van der Waals surface area contributed by atoms with Crippen LogP contribution in [0.2, 0.25) is 0 Å². The van der Waals surface area contributed by atoms with E-state index in [9.17, 15) is 0 Å². The zero-order valence-corrected chi connectivity index (χ0v) is 25.2. The van der Waals surface area contributed by atoms with E-state index in [0.29, 0.717) is 11.5 Å². The summed E-state index contributed by atoms with van der Waals surface area (Å²) < 4.78 is 0. The van der Waals surface area contributed by atoms with Gasteiger partial charge in [0.2, 0.25) is 0 Å². The van der Waals surface area contributed by atoms with E-state index in [2.05, 4.69) is 13.8 Å². The van der Waals surface area contributed by atoms with Crippen LogP contribution in [0.3, 0.4) is 0 Å². The second-order valence-corrected chi connectivity index (χ2v) is 11.7. The SMILES string of the molecule is CCCCCCCCCc1ccc(O)cc1.CCCCCCCCCc1ccc(O)cc1.[Cl][Ti][Cl]. The fraction of sp³-hybridized carbons (Fsp3) is 0.600. The Kier molecular flexibility index (Phi) is 25.9. The average Bonchev–Trinajstić information content (AvgIpc) is 2.86. The summed E-state index contributed by atoms with van der Waals surface area (Å²) in [4.78, 5) is 0. The Hall–Kier alpha value is -0.666. The number of unbranched alkanes of at least 4 members (excludes halogenated alkanes) is 12. The molecule has 2 aromatic carbocycles. The third-order valence-corrected chi connectivity index (χ3v) is 6.01. The molecule has 2 rings (SSSR count). The number of rotatable bonds is 16. The minimum absolute atomic E-state index is 0.364. The van der Waals surface area contributed by atoms with Crippen molar-refractivity contribution in [1.82, 2.24) is 0 Å². The van der Waals surface area contributed by atoms with Gasteiger partial charge in [-0.3, -0.25) is 0 Å². The first-order chi connectivity index (χ1) is 17.1. The predicted molar refractivity (Wildman–Crippen MR) is 151 cm³/mol. The summed E-state index contributed by atoms with van der Waals surface area (Å²) in [7, 11) is 9.78. The predicted octanol–water partition coefficient (Wildman–Crippen LogP) is 10.7. The molecule has 0 spiro atoms. The summed E-state index contributed by atoms with van der Waals surface area (Å²) >= 11 is -0.556. The summed E-state index contributed by atoms with van der Waals surface area (Å²) in [5, 5.41) is 18.3. The first-order valence-electron chi connectivity index (χ1n) is 13.6. The molecule has 0 aliphatic heterocycles. The van der Waals surface area contributed by atoms with Gasteiger partial charge in [0.1, 0.15) is 11.5 Å². The maximum atomic E-state index is 9.15. The van der Waals surface area contributed by atoms with Gasteiger partial charge in [-0.25, -0.2) is 0 Å². The summed E-state index contributed by atoms with van der Waals surface area (Å²) in [6.07, 6.45) is 21.3. The monoisotopic (exact) mass is 558 g/mol. The molecular weight excluding hydrogens is 511 g/mol. The molecular formula is C30H48Cl2O2Ti. The van der Waals surface area contributed by atoms with Crippen molar-refractivity contribution >= 4 is 18.6 Å². The van der Waals surface area contributed by atoms with Crippen LogP contribution >= 0.6 is 18.6 Å². The van der Waals surface area contributed by atoms with E-state index in [1.807, 2.05) is 24.3 Å². The van der Waals surface area contributed by atoms with Gasteiger partial charge >= 0.3 is 35.6 Å². The van der Waals surface area contributed by atoms with E-state index in [1.165, 1.54) is 101 Å². The van der Waals surface area contributed by atoms with Crippen LogP contribution in [0.5, 0.6) is 11.5 Å². The molecule has 2 nitrogen and oxygen atoms in total. The van der Waals surface area contributed by atoms with E-state index in [1.54, 1.807) is 24.3 Å². The number of benzene rings is 2. The number of hydrogen-bond donors (Lipinski definition) is 2. The topological polar surface area (TPSA) is 40.5 Å². The van der Waals surface area contributed by atoms with Gasteiger partial charge in [0.05, 0.1) is 0 Å². The standard InChI is InChI=1S/2C15H24O.2ClH.Ti/c2*1-2-3-4-5-6-7-8-9-14-10-12-15(16)13-11-14;;;/h2*10-13,16H,2-9H2,1H3;2*1H;/q;;;;+2/p-2. The Labute approximate surface area is 232 Å². The molecule has 0 heterocycles. The van der Waals surface area contributed by atoms with Crippen molar-refractivity contribution in [3.63, 3.8) is 0 Å². The van der Waals surface area contributed by atoms with E-state index >= 15 is 0 Å². The number of phenols is 2. The van der Waals surface area contributed by atoms with E-state index in [0.717, 1.165) is 12.8 Å². The molecule has 2 N–H and O–H groups in total. The van der Waals surface area contributed by atoms with Crippen molar-refractivity contribution in [3.8, 4) is 11.5 Å². The van der Waals surface area contributed by atoms with Gasteiger partial charge in [0.15, 0.2) is 0 Å². The van der Waals surface area contributed by atoms with Crippen molar-refractivity contribution in [2.45, 2.75) is 117 Å². The normalized spacial score (nSPS) is 10.1. The average molecular weight is 559 g/mol. The molecule has 0 saturated heterocycles. The van der Waals surface area contributed by atoms with Crippen LogP contribution in [0.4, 0.5) is 0 Å². The van der Waals surface area contributed by atoms with Crippen LogP contribution in [-0.2, 0) is 29.9 Å². The molecule has 35 heavy (non-hydrogen) atoms. The summed E-state index contributed by atoms with van der Waals surface area (Å²) in [5.41, 5.74) is 2.68. The van der Waals surface area contributed by atoms with Gasteiger partial charge in [-0.15, -0.1) is 0 Å². The van der Waals surface area contributed by atoms with Gasteiger partial charge in [-0.2, -0.15) is 0 Å². The van der Waals surface area contributed by atoms with Crippen LogP contribution in [0, 0.1) is 0 Å². The first-order valence-corrected chi connectivity index (χ1v) is 17.9. The molecule has 0 aromatic heterocycles. The summed E-state index contributed by atoms with van der Waals surface area (Å²) in [6.45, 7) is 4.51. The fourth-order valence-electron chi connectivity index (χ4n) is 3.90. The molecule has 0 fully saturated rings. The van der Waals surface area contributed by atoms with Crippen molar-refractivity contribution in [1.29, 1.82) is 0 Å². The molecule has 0 radical (unpaired) electrons. The fourth-order valence-corrected chi connectivity index (χ4v) is 3.90.